The van der Waals surface area contributed by atoms with Gasteiger partial charge in [-0.3, -0.25) is 0 Å². The van der Waals surface area contributed by atoms with Gasteiger partial charge in [0.1, 0.15) is 0 Å². The molecule has 0 fully saturated rings. The second kappa shape index (κ2) is 4.79. The van der Waals surface area contributed by atoms with Gasteiger partial charge in [0.25, 0.3) is 0 Å². The Hall–Kier alpha value is 0. The third-order valence-electron chi connectivity index (χ3n) is 2.50. The third-order valence-corrected chi connectivity index (χ3v) is 2.50. The van der Waals surface area contributed by atoms with Crippen LogP contribution in [0.5, 0.6) is 0 Å². The van der Waals surface area contributed by atoms with Crippen LogP contribution in [0.15, 0.2) is 0 Å². The zero-order valence-electron chi connectivity index (χ0n) is 8.91. The first kappa shape index (κ1) is 11.0. The lowest BCUT2D eigenvalue weighted by Gasteiger charge is -2.30. The fourth-order valence-electron chi connectivity index (χ4n) is 1.71. The van der Waals surface area contributed by atoms with Gasteiger partial charge in [-0.2, -0.15) is 0 Å². The monoisotopic (exact) mass is 156 g/mol. The first-order valence-corrected chi connectivity index (χ1v) is 5.02. The van der Waals surface area contributed by atoms with Gasteiger partial charge in [0, 0.05) is 0 Å². The van der Waals surface area contributed by atoms with Crippen LogP contribution in [0.1, 0.15) is 60.3 Å². The Labute approximate surface area is 72.4 Å². The molecule has 0 heterocycles. The van der Waals surface area contributed by atoms with Gasteiger partial charge in [-0.05, 0) is 11.3 Å². The smallest absolute Gasteiger partial charge is 0.0354 e. The van der Waals surface area contributed by atoms with E-state index in [0.29, 0.717) is 5.41 Å². The van der Waals surface area contributed by atoms with E-state index in [2.05, 4.69) is 34.6 Å². The molecule has 0 aliphatic carbocycles. The van der Waals surface area contributed by atoms with Crippen LogP contribution in [-0.2, 0) is 0 Å². The van der Waals surface area contributed by atoms with Crippen LogP contribution in [0.25, 0.3) is 0 Å². The molecule has 0 aromatic carbocycles. The molecular weight excluding hydrogens is 132 g/mol. The van der Waals surface area contributed by atoms with E-state index < -0.39 is 0 Å². The van der Waals surface area contributed by atoms with Crippen LogP contribution in [-0.4, -0.2) is 0 Å². The van der Waals surface area contributed by atoms with Crippen molar-refractivity contribution in [3.63, 3.8) is 0 Å². The molecule has 0 nitrogen and oxygen atoms in total. The van der Waals surface area contributed by atoms with Crippen molar-refractivity contribution in [3.8, 4) is 0 Å². The molecule has 0 bridgehead atoms. The molecule has 0 aromatic heterocycles. The molecule has 0 N–H and O–H groups in total. The summed E-state index contributed by atoms with van der Waals surface area (Å²) in [5.41, 5.74) is 0.520. The minimum Gasteiger partial charge on any atom is -0.0654 e. The van der Waals surface area contributed by atoms with Crippen molar-refractivity contribution in [1.82, 2.24) is 0 Å². The lowest BCUT2D eigenvalue weighted by atomic mass is 9.76. The molecule has 0 aliphatic rings. The first-order chi connectivity index (χ1) is 5.02. The second-order valence-electron chi connectivity index (χ2n) is 4.64. The van der Waals surface area contributed by atoms with Crippen molar-refractivity contribution in [2.45, 2.75) is 60.3 Å². The van der Waals surface area contributed by atoms with Gasteiger partial charge in [0.2, 0.25) is 0 Å². The van der Waals surface area contributed by atoms with Crippen LogP contribution in [0.4, 0.5) is 0 Å². The van der Waals surface area contributed by atoms with Gasteiger partial charge >= 0.3 is 0 Å². The topological polar surface area (TPSA) is 0 Å². The predicted molar refractivity (Wildman–Crippen MR) is 52.8 cm³/mol. The van der Waals surface area contributed by atoms with Gasteiger partial charge in [-0.25, -0.2) is 0 Å². The number of hydrogen-bond acceptors (Lipinski definition) is 0. The van der Waals surface area contributed by atoms with E-state index in [4.69, 9.17) is 0 Å². The van der Waals surface area contributed by atoms with E-state index in [-0.39, 0.29) is 0 Å². The predicted octanol–water partition coefficient (Wildman–Crippen LogP) is 4.25. The summed E-state index contributed by atoms with van der Waals surface area (Å²) >= 11 is 0. The van der Waals surface area contributed by atoms with Crippen LogP contribution >= 0.6 is 0 Å². The van der Waals surface area contributed by atoms with Crippen molar-refractivity contribution in [3.05, 3.63) is 0 Å². The Morgan fingerprint density at radius 1 is 0.909 bits per heavy atom. The van der Waals surface area contributed by atoms with Crippen molar-refractivity contribution in [2.75, 3.05) is 0 Å². The van der Waals surface area contributed by atoms with E-state index >= 15 is 0 Å². The summed E-state index contributed by atoms with van der Waals surface area (Å²) in [5, 5.41) is 0. The quantitative estimate of drug-likeness (QED) is 0.571. The molecule has 0 saturated heterocycles. The highest BCUT2D eigenvalue weighted by atomic mass is 14.3. The summed E-state index contributed by atoms with van der Waals surface area (Å²) in [6.45, 7) is 11.7. The summed E-state index contributed by atoms with van der Waals surface area (Å²) in [6.07, 6.45) is 5.47. The van der Waals surface area contributed by atoms with Crippen molar-refractivity contribution >= 4 is 0 Å². The van der Waals surface area contributed by atoms with E-state index in [9.17, 15) is 0 Å². The molecule has 0 aromatic rings. The van der Waals surface area contributed by atoms with E-state index in [1.807, 2.05) is 0 Å². The highest BCUT2D eigenvalue weighted by Crippen LogP contribution is 2.32. The summed E-state index contributed by atoms with van der Waals surface area (Å²) < 4.78 is 0. The minimum absolute atomic E-state index is 0.520. The second-order valence-corrected chi connectivity index (χ2v) is 4.64. The Kier molecular flexibility index (Phi) is 4.79. The minimum atomic E-state index is 0.520. The van der Waals surface area contributed by atoms with Crippen LogP contribution < -0.4 is 0 Å². The summed E-state index contributed by atoms with van der Waals surface area (Å²) in [4.78, 5) is 0. The van der Waals surface area contributed by atoms with E-state index in [0.717, 1.165) is 5.92 Å². The molecule has 11 heavy (non-hydrogen) atoms. The van der Waals surface area contributed by atoms with Gasteiger partial charge in [-0.1, -0.05) is 60.3 Å². The molecule has 0 heteroatoms. The lowest BCUT2D eigenvalue weighted by Crippen LogP contribution is -2.19. The van der Waals surface area contributed by atoms with E-state index in [1.54, 1.807) is 0 Å². The van der Waals surface area contributed by atoms with Crippen molar-refractivity contribution < 1.29 is 0 Å². The summed E-state index contributed by atoms with van der Waals surface area (Å²) in [5.74, 6) is 0.928. The van der Waals surface area contributed by atoms with Gasteiger partial charge in [0.15, 0.2) is 0 Å². The molecule has 0 rings (SSSR count). The first-order valence-electron chi connectivity index (χ1n) is 5.02. The molecule has 0 unspecified atom stereocenters. The van der Waals surface area contributed by atoms with Crippen LogP contribution in [0.3, 0.4) is 0 Å². The maximum Gasteiger partial charge on any atom is -0.0354 e. The molecule has 0 saturated carbocycles. The average Bonchev–Trinajstić information content (AvgIpc) is 1.85. The zero-order chi connectivity index (χ0) is 8.91. The molecule has 0 atom stereocenters. The number of hydrogen-bond donors (Lipinski definition) is 0. The molecule has 0 aliphatic heterocycles. The van der Waals surface area contributed by atoms with Crippen molar-refractivity contribution in [1.29, 1.82) is 0 Å². The molecular formula is C11H24. The highest BCUT2D eigenvalue weighted by molar-refractivity contribution is 4.72. The fourth-order valence-corrected chi connectivity index (χ4v) is 1.71. The van der Waals surface area contributed by atoms with Crippen molar-refractivity contribution in [2.24, 2.45) is 11.3 Å². The zero-order valence-corrected chi connectivity index (χ0v) is 8.91. The summed E-state index contributed by atoms with van der Waals surface area (Å²) in [7, 11) is 0. The van der Waals surface area contributed by atoms with Gasteiger partial charge < -0.3 is 0 Å². The van der Waals surface area contributed by atoms with Crippen LogP contribution in [0.2, 0.25) is 0 Å². The maximum absolute atomic E-state index is 2.36. The Morgan fingerprint density at radius 3 is 1.45 bits per heavy atom. The van der Waals surface area contributed by atoms with Gasteiger partial charge in [0.05, 0.1) is 0 Å². The highest BCUT2D eigenvalue weighted by Gasteiger charge is 2.22. The van der Waals surface area contributed by atoms with E-state index in [1.165, 1.54) is 25.7 Å². The lowest BCUT2D eigenvalue weighted by molar-refractivity contribution is 0.209. The molecule has 0 radical (unpaired) electrons. The summed E-state index contributed by atoms with van der Waals surface area (Å²) in [6, 6.07) is 0. The average molecular weight is 156 g/mol. The third kappa shape index (κ3) is 4.44. The fraction of sp³-hybridized carbons (Fsp3) is 1.00. The number of rotatable bonds is 4. The molecule has 68 valence electrons. The normalized spacial score (nSPS) is 12.5. The standard InChI is InChI=1S/C11H24/c1-6-8-10(9-7-2)11(3,4)5/h10H,6-9H2,1-5H3. The van der Waals surface area contributed by atoms with Crippen LogP contribution in [0, 0.1) is 11.3 Å². The van der Waals surface area contributed by atoms with Gasteiger partial charge in [-0.15, -0.1) is 0 Å². The SMILES string of the molecule is CCCC(CCC)C(C)(C)C. The maximum atomic E-state index is 2.36. The Balaban J connectivity index is 3.88. The Bertz CT molecular complexity index is 80.7. The Morgan fingerprint density at radius 2 is 1.27 bits per heavy atom. The molecule has 0 spiro atoms. The molecule has 0 amide bonds. The largest absolute Gasteiger partial charge is 0.0654 e.